The molecule has 1 saturated heterocycles. The van der Waals surface area contributed by atoms with Crippen molar-refractivity contribution in [1.82, 2.24) is 19.9 Å². The normalized spacial score (nSPS) is 18.8. The Balaban J connectivity index is 1.49. The van der Waals surface area contributed by atoms with Crippen LogP contribution in [0, 0.1) is 11.3 Å². The van der Waals surface area contributed by atoms with E-state index in [1.807, 2.05) is 24.3 Å². The molecule has 1 aromatic heterocycles. The van der Waals surface area contributed by atoms with Gasteiger partial charge in [-0.15, -0.1) is 0 Å². The van der Waals surface area contributed by atoms with E-state index >= 15 is 0 Å². The van der Waals surface area contributed by atoms with Crippen LogP contribution >= 0.6 is 0 Å². The summed E-state index contributed by atoms with van der Waals surface area (Å²) in [6.45, 7) is 4.91. The number of amides is 1. The molecular formula is C27H29AsFN5O4. The third-order valence-corrected chi connectivity index (χ3v) is 8.42. The summed E-state index contributed by atoms with van der Waals surface area (Å²) in [6.07, 6.45) is -1.79. The Kier molecular flexibility index (Phi) is 8.41. The number of piperidine rings is 1. The van der Waals surface area contributed by atoms with Gasteiger partial charge >= 0.3 is 198 Å². The van der Waals surface area contributed by atoms with Crippen molar-refractivity contribution >= 4 is 30.6 Å². The summed E-state index contributed by atoms with van der Waals surface area (Å²) in [6, 6.07) is 14.7. The number of aliphatic hydroxyl groups is 2. The quantitative estimate of drug-likeness (QED) is 0.391. The van der Waals surface area contributed by atoms with Crippen LogP contribution in [-0.4, -0.2) is 83.2 Å². The predicted octanol–water partition coefficient (Wildman–Crippen LogP) is 0.724. The number of halogens is 1. The number of rotatable bonds is 7. The van der Waals surface area contributed by atoms with Crippen LogP contribution in [0.15, 0.2) is 48.8 Å². The van der Waals surface area contributed by atoms with Crippen molar-refractivity contribution in [3.8, 4) is 23.2 Å². The zero-order valence-corrected chi connectivity index (χ0v) is 23.4. The number of likely N-dealkylation sites (tertiary alicyclic amines) is 1. The molecule has 198 valence electrons. The first kappa shape index (κ1) is 27.6. The molecular weight excluding hydrogens is 552 g/mol. The molecule has 0 bridgehead atoms. The minimum atomic E-state index is -1.46. The zero-order chi connectivity index (χ0) is 27.4. The van der Waals surface area contributed by atoms with Gasteiger partial charge < -0.3 is 5.11 Å². The number of carbonyl (C=O) groups is 1. The van der Waals surface area contributed by atoms with E-state index in [-0.39, 0.29) is 30.8 Å². The molecule has 38 heavy (non-hydrogen) atoms. The molecule has 3 aromatic rings. The standard InChI is InChI=1S/C27H29AsFN5O4/c1-16(35)25(36)34-10-9-23(21(29)14-34)38-22-8-7-17(11-18(22)13-30)24-31-15-32-26(33-24)28-20-6-4-5-19(12-20)27(2,3)37/h4-8,11-12,15-16,21,23,28,35,37H,9-10,14H2,1-3H3/t16?,21-,23+/m1/s1. The molecule has 0 aliphatic carbocycles. The summed E-state index contributed by atoms with van der Waals surface area (Å²) in [5, 5.41) is 29.5. The fraction of sp³-hybridized carbons (Fsp3) is 0.370. The SMILES string of the molecule is CC(O)C(=O)N1CC[C@H](Oc2ccc(-c3ncnc([AsH]c4cccc(C(C)(C)O)c4)n3)cc2C#N)[C@H](F)C1. The molecule has 4 rings (SSSR count). The van der Waals surface area contributed by atoms with Crippen molar-refractivity contribution in [2.75, 3.05) is 13.1 Å². The first-order chi connectivity index (χ1) is 18.0. The summed E-state index contributed by atoms with van der Waals surface area (Å²) in [5.74, 6) is 0.136. The number of nitriles is 1. The summed E-state index contributed by atoms with van der Waals surface area (Å²) in [7, 11) is 0. The van der Waals surface area contributed by atoms with Gasteiger partial charge in [-0.05, 0) is 6.92 Å². The van der Waals surface area contributed by atoms with Crippen molar-refractivity contribution in [1.29, 1.82) is 5.26 Å². The summed E-state index contributed by atoms with van der Waals surface area (Å²) in [5.41, 5.74) is 0.688. The second-order valence-electron chi connectivity index (χ2n) is 9.64. The van der Waals surface area contributed by atoms with Crippen LogP contribution < -0.4 is 13.7 Å². The van der Waals surface area contributed by atoms with Crippen LogP contribution in [0.5, 0.6) is 5.75 Å². The minimum absolute atomic E-state index is 0.176. The van der Waals surface area contributed by atoms with Crippen LogP contribution in [0.2, 0.25) is 0 Å². The monoisotopic (exact) mass is 581 g/mol. The second-order valence-corrected chi connectivity index (χ2v) is 12.3. The van der Waals surface area contributed by atoms with E-state index in [2.05, 4.69) is 21.0 Å². The number of alkyl halides is 1. The average molecular weight is 581 g/mol. The maximum atomic E-state index is 14.8. The van der Waals surface area contributed by atoms with Crippen LogP contribution in [-0.2, 0) is 10.4 Å². The molecule has 11 heteroatoms. The Bertz CT molecular complexity index is 1360. The van der Waals surface area contributed by atoms with Crippen LogP contribution in [0.4, 0.5) is 4.39 Å². The van der Waals surface area contributed by atoms with E-state index in [9.17, 15) is 24.7 Å². The van der Waals surface area contributed by atoms with Crippen molar-refractivity contribution in [2.24, 2.45) is 0 Å². The van der Waals surface area contributed by atoms with E-state index in [1.165, 1.54) is 18.2 Å². The summed E-state index contributed by atoms with van der Waals surface area (Å²) < 4.78 is 22.3. The van der Waals surface area contributed by atoms with Crippen molar-refractivity contribution < 1.29 is 24.1 Å². The van der Waals surface area contributed by atoms with E-state index in [0.29, 0.717) is 16.0 Å². The predicted molar refractivity (Wildman–Crippen MR) is 140 cm³/mol. The molecule has 2 heterocycles. The molecule has 1 amide bonds. The molecule has 0 spiro atoms. The van der Waals surface area contributed by atoms with E-state index in [4.69, 9.17) is 4.74 Å². The first-order valence-electron chi connectivity index (χ1n) is 12.2. The number of aromatic nitrogens is 3. The molecule has 1 fully saturated rings. The van der Waals surface area contributed by atoms with E-state index < -0.39 is 45.6 Å². The van der Waals surface area contributed by atoms with E-state index in [0.717, 1.165) is 9.91 Å². The zero-order valence-electron chi connectivity index (χ0n) is 21.3. The van der Waals surface area contributed by atoms with Crippen molar-refractivity contribution in [3.63, 3.8) is 0 Å². The molecule has 2 N–H and O–H groups in total. The average Bonchev–Trinajstić information content (AvgIpc) is 2.89. The van der Waals surface area contributed by atoms with Gasteiger partial charge in [-0.1, -0.05) is 0 Å². The fourth-order valence-electron chi connectivity index (χ4n) is 4.10. The topological polar surface area (TPSA) is 132 Å². The Hall–Kier alpha value is -3.38. The first-order valence-corrected chi connectivity index (χ1v) is 14.3. The Morgan fingerprint density at radius 2 is 2.08 bits per heavy atom. The van der Waals surface area contributed by atoms with Gasteiger partial charge in [-0.25, -0.2) is 0 Å². The molecule has 0 radical (unpaired) electrons. The number of benzene rings is 2. The number of carbonyl (C=O) groups excluding carboxylic acids is 1. The van der Waals surface area contributed by atoms with Gasteiger partial charge in [0.15, 0.2) is 0 Å². The van der Waals surface area contributed by atoms with Crippen molar-refractivity contribution in [2.45, 2.75) is 51.2 Å². The summed E-state index contributed by atoms with van der Waals surface area (Å²) >= 11 is -0.902. The number of aliphatic hydroxyl groups excluding tert-OH is 1. The van der Waals surface area contributed by atoms with E-state index in [1.54, 1.807) is 32.0 Å². The maximum absolute atomic E-state index is 14.8. The van der Waals surface area contributed by atoms with Gasteiger partial charge in [0.2, 0.25) is 0 Å². The summed E-state index contributed by atoms with van der Waals surface area (Å²) in [4.78, 5) is 26.4. The van der Waals surface area contributed by atoms with Crippen LogP contribution in [0.3, 0.4) is 0 Å². The van der Waals surface area contributed by atoms with Crippen LogP contribution in [0.1, 0.15) is 38.3 Å². The Morgan fingerprint density at radius 1 is 1.29 bits per heavy atom. The van der Waals surface area contributed by atoms with Gasteiger partial charge in [-0.3, -0.25) is 4.79 Å². The second kappa shape index (κ2) is 11.6. The molecule has 9 nitrogen and oxygen atoms in total. The molecule has 2 unspecified atom stereocenters. The van der Waals surface area contributed by atoms with Gasteiger partial charge in [-0.2, -0.15) is 0 Å². The molecule has 0 saturated carbocycles. The molecule has 4 atom stereocenters. The van der Waals surface area contributed by atoms with Gasteiger partial charge in [0.1, 0.15) is 6.10 Å². The van der Waals surface area contributed by atoms with Crippen LogP contribution in [0.25, 0.3) is 11.4 Å². The molecule has 1 aliphatic heterocycles. The van der Waals surface area contributed by atoms with Gasteiger partial charge in [0.25, 0.3) is 5.91 Å². The number of hydrogen-bond acceptors (Lipinski definition) is 8. The fourth-order valence-corrected chi connectivity index (χ4v) is 6.10. The number of nitrogens with zero attached hydrogens (tertiary/aromatic N) is 5. The number of hydrogen-bond donors (Lipinski definition) is 2. The van der Waals surface area contributed by atoms with Crippen molar-refractivity contribution in [3.05, 3.63) is 59.9 Å². The molecule has 1 aliphatic rings. The Labute approximate surface area is 227 Å². The third kappa shape index (κ3) is 6.54. The number of ether oxygens (including phenoxy) is 1. The van der Waals surface area contributed by atoms with Gasteiger partial charge in [0.05, 0.1) is 0 Å². The Morgan fingerprint density at radius 3 is 2.76 bits per heavy atom. The van der Waals surface area contributed by atoms with Gasteiger partial charge in [0, 0.05) is 0 Å². The molecule has 2 aromatic carbocycles. The third-order valence-electron chi connectivity index (χ3n) is 6.18.